The molecule has 8 heteroatoms. The van der Waals surface area contributed by atoms with Gasteiger partial charge in [0.2, 0.25) is 0 Å². The van der Waals surface area contributed by atoms with Crippen LogP contribution < -0.4 is 10.1 Å². The summed E-state index contributed by atoms with van der Waals surface area (Å²) in [4.78, 5) is 19.1. The van der Waals surface area contributed by atoms with Crippen molar-refractivity contribution in [3.63, 3.8) is 0 Å². The molecule has 2 aromatic rings. The molecule has 7 nitrogen and oxygen atoms in total. The number of amides is 2. The van der Waals surface area contributed by atoms with Crippen molar-refractivity contribution in [3.8, 4) is 5.75 Å². The third kappa shape index (κ3) is 4.02. The standard InChI is InChI=1S/C19H25N3O4S/c1-24-15-6-5-14(13-11-25-9-10-26-12-13)17-16(15)20-18(27-17)21-19(23)22-7-3-2-4-8-22/h5-6,13H,2-4,7-12H2,1H3,(H,20,21,23). The lowest BCUT2D eigenvalue weighted by atomic mass is 10.0. The number of aromatic nitrogens is 1. The number of benzene rings is 1. The zero-order valence-electron chi connectivity index (χ0n) is 15.5. The number of methoxy groups -OCH3 is 1. The summed E-state index contributed by atoms with van der Waals surface area (Å²) in [5.41, 5.74) is 1.90. The molecule has 3 heterocycles. The number of hydrogen-bond donors (Lipinski definition) is 1. The highest BCUT2D eigenvalue weighted by Crippen LogP contribution is 2.38. The first kappa shape index (κ1) is 18.5. The molecular weight excluding hydrogens is 366 g/mol. The molecule has 0 radical (unpaired) electrons. The van der Waals surface area contributed by atoms with Crippen LogP contribution in [0.5, 0.6) is 5.75 Å². The third-order valence-corrected chi connectivity index (χ3v) is 6.08. The number of nitrogens with one attached hydrogen (secondary N) is 1. The Balaban J connectivity index is 1.62. The van der Waals surface area contributed by atoms with Gasteiger partial charge in [0.25, 0.3) is 0 Å². The van der Waals surface area contributed by atoms with Crippen molar-refractivity contribution in [1.82, 2.24) is 9.88 Å². The normalized spacial score (nSPS) is 19.1. The van der Waals surface area contributed by atoms with Crippen LogP contribution in [0, 0.1) is 0 Å². The number of nitrogens with zero attached hydrogens (tertiary/aromatic N) is 2. The largest absolute Gasteiger partial charge is 0.494 e. The summed E-state index contributed by atoms with van der Waals surface area (Å²) >= 11 is 1.49. The van der Waals surface area contributed by atoms with Crippen LogP contribution in [0.4, 0.5) is 9.93 Å². The molecule has 0 spiro atoms. The van der Waals surface area contributed by atoms with E-state index in [1.165, 1.54) is 17.8 Å². The minimum absolute atomic E-state index is 0.0737. The molecular formula is C19H25N3O4S. The number of fused-ring (bicyclic) bond motifs is 1. The monoisotopic (exact) mass is 391 g/mol. The number of urea groups is 1. The van der Waals surface area contributed by atoms with Crippen LogP contribution in [0.25, 0.3) is 10.2 Å². The summed E-state index contributed by atoms with van der Waals surface area (Å²) in [6.07, 6.45) is 3.32. The van der Waals surface area contributed by atoms with Gasteiger partial charge in [-0.1, -0.05) is 17.4 Å². The number of hydrogen-bond acceptors (Lipinski definition) is 6. The highest BCUT2D eigenvalue weighted by Gasteiger charge is 2.23. The maximum Gasteiger partial charge on any atom is 0.323 e. The van der Waals surface area contributed by atoms with Crippen molar-refractivity contribution in [3.05, 3.63) is 17.7 Å². The quantitative estimate of drug-likeness (QED) is 0.868. The zero-order chi connectivity index (χ0) is 18.6. The Morgan fingerprint density at radius 3 is 2.67 bits per heavy atom. The maximum absolute atomic E-state index is 12.5. The van der Waals surface area contributed by atoms with E-state index in [4.69, 9.17) is 14.2 Å². The molecule has 0 saturated carbocycles. The molecule has 2 fully saturated rings. The number of ether oxygens (including phenoxy) is 3. The average Bonchev–Trinajstić information content (AvgIpc) is 2.94. The second-order valence-electron chi connectivity index (χ2n) is 6.88. The SMILES string of the molecule is COc1ccc(C2COCCOC2)c2sc(NC(=O)N3CCCCC3)nc12. The molecule has 27 heavy (non-hydrogen) atoms. The van der Waals surface area contributed by atoms with Crippen LogP contribution in [-0.2, 0) is 9.47 Å². The number of anilines is 1. The molecule has 0 bridgehead atoms. The molecule has 1 aromatic carbocycles. The highest BCUT2D eigenvalue weighted by atomic mass is 32.1. The van der Waals surface area contributed by atoms with Gasteiger partial charge in [-0.3, -0.25) is 5.32 Å². The third-order valence-electron chi connectivity index (χ3n) is 5.06. The lowest BCUT2D eigenvalue weighted by Gasteiger charge is -2.26. The van der Waals surface area contributed by atoms with Gasteiger partial charge in [-0.2, -0.15) is 0 Å². The van der Waals surface area contributed by atoms with E-state index >= 15 is 0 Å². The fourth-order valence-electron chi connectivity index (χ4n) is 3.61. The molecule has 4 rings (SSSR count). The molecule has 2 saturated heterocycles. The van der Waals surface area contributed by atoms with Crippen molar-refractivity contribution in [2.24, 2.45) is 0 Å². The predicted molar refractivity (Wildman–Crippen MR) is 105 cm³/mol. The average molecular weight is 391 g/mol. The molecule has 0 aliphatic carbocycles. The summed E-state index contributed by atoms with van der Waals surface area (Å²) in [5.74, 6) is 0.853. The molecule has 2 aliphatic heterocycles. The van der Waals surface area contributed by atoms with Gasteiger partial charge in [0, 0.05) is 19.0 Å². The summed E-state index contributed by atoms with van der Waals surface area (Å²) in [7, 11) is 1.64. The van der Waals surface area contributed by atoms with Gasteiger partial charge >= 0.3 is 6.03 Å². The topological polar surface area (TPSA) is 72.9 Å². The van der Waals surface area contributed by atoms with E-state index in [0.717, 1.165) is 41.7 Å². The van der Waals surface area contributed by atoms with E-state index < -0.39 is 0 Å². The Bertz CT molecular complexity index is 796. The van der Waals surface area contributed by atoms with Gasteiger partial charge in [0.05, 0.1) is 38.2 Å². The number of carbonyl (C=O) groups excluding carboxylic acids is 1. The lowest BCUT2D eigenvalue weighted by molar-refractivity contribution is 0.103. The van der Waals surface area contributed by atoms with Crippen LogP contribution >= 0.6 is 11.3 Å². The van der Waals surface area contributed by atoms with E-state index in [1.807, 2.05) is 11.0 Å². The van der Waals surface area contributed by atoms with Gasteiger partial charge < -0.3 is 19.1 Å². The van der Waals surface area contributed by atoms with Crippen LogP contribution in [0.2, 0.25) is 0 Å². The van der Waals surface area contributed by atoms with Crippen molar-refractivity contribution < 1.29 is 19.0 Å². The highest BCUT2D eigenvalue weighted by molar-refractivity contribution is 7.22. The zero-order valence-corrected chi connectivity index (χ0v) is 16.3. The van der Waals surface area contributed by atoms with Crippen LogP contribution in [-0.4, -0.2) is 62.5 Å². The molecule has 2 amide bonds. The van der Waals surface area contributed by atoms with Crippen molar-refractivity contribution in [1.29, 1.82) is 0 Å². The van der Waals surface area contributed by atoms with Gasteiger partial charge in [-0.15, -0.1) is 0 Å². The fraction of sp³-hybridized carbons (Fsp3) is 0.579. The number of rotatable bonds is 3. The molecule has 0 unspecified atom stereocenters. The van der Waals surface area contributed by atoms with E-state index in [2.05, 4.69) is 16.4 Å². The number of thiazole rings is 1. The minimum Gasteiger partial charge on any atom is -0.494 e. The molecule has 2 aliphatic rings. The van der Waals surface area contributed by atoms with Gasteiger partial charge in [-0.25, -0.2) is 9.78 Å². The van der Waals surface area contributed by atoms with Crippen molar-refractivity contribution >= 4 is 32.7 Å². The second kappa shape index (κ2) is 8.41. The first-order valence-corrected chi connectivity index (χ1v) is 10.3. The van der Waals surface area contributed by atoms with Crippen molar-refractivity contribution in [2.45, 2.75) is 25.2 Å². The van der Waals surface area contributed by atoms with E-state index in [0.29, 0.717) is 37.3 Å². The Morgan fingerprint density at radius 1 is 1.22 bits per heavy atom. The summed E-state index contributed by atoms with van der Waals surface area (Å²) in [6.45, 7) is 4.10. The van der Waals surface area contributed by atoms with E-state index in [1.54, 1.807) is 7.11 Å². The van der Waals surface area contributed by atoms with Gasteiger partial charge in [-0.05, 0) is 30.9 Å². The smallest absolute Gasteiger partial charge is 0.323 e. The van der Waals surface area contributed by atoms with Gasteiger partial charge in [0.15, 0.2) is 5.13 Å². The minimum atomic E-state index is -0.0737. The predicted octanol–water partition coefficient (Wildman–Crippen LogP) is 3.45. The number of carbonyl (C=O) groups is 1. The Labute approximate surface area is 162 Å². The van der Waals surface area contributed by atoms with E-state index in [-0.39, 0.29) is 11.9 Å². The van der Waals surface area contributed by atoms with E-state index in [9.17, 15) is 4.79 Å². The van der Waals surface area contributed by atoms with Crippen LogP contribution in [0.15, 0.2) is 12.1 Å². The van der Waals surface area contributed by atoms with Crippen LogP contribution in [0.1, 0.15) is 30.7 Å². The molecule has 0 atom stereocenters. The molecule has 1 N–H and O–H groups in total. The Kier molecular flexibility index (Phi) is 5.75. The van der Waals surface area contributed by atoms with Gasteiger partial charge in [0.1, 0.15) is 11.3 Å². The summed E-state index contributed by atoms with van der Waals surface area (Å²) < 4.78 is 17.8. The fourth-order valence-corrected chi connectivity index (χ4v) is 4.67. The van der Waals surface area contributed by atoms with Crippen molar-refractivity contribution in [2.75, 3.05) is 51.9 Å². The molecule has 146 valence electrons. The number of likely N-dealkylation sites (tertiary alicyclic amines) is 1. The maximum atomic E-state index is 12.5. The molecule has 1 aromatic heterocycles. The Morgan fingerprint density at radius 2 is 1.96 bits per heavy atom. The Hall–Kier alpha value is -1.90. The second-order valence-corrected chi connectivity index (χ2v) is 7.88. The first-order valence-electron chi connectivity index (χ1n) is 9.45. The summed E-state index contributed by atoms with van der Waals surface area (Å²) in [6, 6.07) is 3.91. The summed E-state index contributed by atoms with van der Waals surface area (Å²) in [5, 5.41) is 3.57. The lowest BCUT2D eigenvalue weighted by Crippen LogP contribution is -2.38. The number of piperidine rings is 1. The van der Waals surface area contributed by atoms with Crippen LogP contribution in [0.3, 0.4) is 0 Å². The first-order chi connectivity index (χ1) is 13.3.